The SMILES string of the molecule is CC1NNCC1CNCc1ccc([N+](=O)[O-])cc1. The van der Waals surface area contributed by atoms with Crippen molar-refractivity contribution in [3.8, 4) is 0 Å². The molecule has 0 bridgehead atoms. The molecule has 3 N–H and O–H groups in total. The molecule has 0 saturated carbocycles. The topological polar surface area (TPSA) is 79.2 Å². The maximum Gasteiger partial charge on any atom is 0.269 e. The zero-order valence-corrected chi connectivity index (χ0v) is 10.3. The molecular weight excluding hydrogens is 232 g/mol. The van der Waals surface area contributed by atoms with Gasteiger partial charge >= 0.3 is 0 Å². The van der Waals surface area contributed by atoms with E-state index < -0.39 is 0 Å². The Bertz CT molecular complexity index is 407. The van der Waals surface area contributed by atoms with Gasteiger partial charge in [0, 0.05) is 43.7 Å². The summed E-state index contributed by atoms with van der Waals surface area (Å²) in [6, 6.07) is 7.13. The lowest BCUT2D eigenvalue weighted by atomic mass is 10.0. The summed E-state index contributed by atoms with van der Waals surface area (Å²) < 4.78 is 0. The Morgan fingerprint density at radius 2 is 2.17 bits per heavy atom. The van der Waals surface area contributed by atoms with E-state index in [-0.39, 0.29) is 10.6 Å². The van der Waals surface area contributed by atoms with Gasteiger partial charge < -0.3 is 5.32 Å². The van der Waals surface area contributed by atoms with Crippen LogP contribution < -0.4 is 16.2 Å². The molecule has 1 aliphatic rings. The van der Waals surface area contributed by atoms with Gasteiger partial charge in [-0.1, -0.05) is 12.1 Å². The first kappa shape index (κ1) is 12.9. The summed E-state index contributed by atoms with van der Waals surface area (Å²) in [6.07, 6.45) is 0. The van der Waals surface area contributed by atoms with Gasteiger partial charge in [-0.05, 0) is 12.5 Å². The van der Waals surface area contributed by atoms with Gasteiger partial charge in [-0.15, -0.1) is 0 Å². The fourth-order valence-corrected chi connectivity index (χ4v) is 2.03. The van der Waals surface area contributed by atoms with Crippen molar-refractivity contribution in [1.82, 2.24) is 16.2 Å². The van der Waals surface area contributed by atoms with Crippen LogP contribution in [0.3, 0.4) is 0 Å². The Balaban J connectivity index is 1.78. The summed E-state index contributed by atoms with van der Waals surface area (Å²) in [6.45, 7) is 4.78. The maximum atomic E-state index is 10.5. The van der Waals surface area contributed by atoms with Gasteiger partial charge in [-0.25, -0.2) is 0 Å². The average Bonchev–Trinajstić information content (AvgIpc) is 2.76. The Morgan fingerprint density at radius 1 is 1.44 bits per heavy atom. The van der Waals surface area contributed by atoms with Gasteiger partial charge in [0.05, 0.1) is 4.92 Å². The van der Waals surface area contributed by atoms with Crippen molar-refractivity contribution in [2.45, 2.75) is 19.5 Å². The number of nitrogens with one attached hydrogen (secondary N) is 3. The lowest BCUT2D eigenvalue weighted by molar-refractivity contribution is -0.384. The molecule has 1 aromatic rings. The first-order valence-corrected chi connectivity index (χ1v) is 6.09. The summed E-state index contributed by atoms with van der Waals surface area (Å²) in [5.74, 6) is 0.572. The van der Waals surface area contributed by atoms with E-state index in [0.717, 1.165) is 25.2 Å². The molecule has 2 unspecified atom stereocenters. The largest absolute Gasteiger partial charge is 0.312 e. The van der Waals surface area contributed by atoms with Crippen LogP contribution in [-0.4, -0.2) is 24.1 Å². The normalized spacial score (nSPS) is 23.2. The maximum absolute atomic E-state index is 10.5. The number of nitrogens with zero attached hydrogens (tertiary/aromatic N) is 1. The van der Waals surface area contributed by atoms with Crippen molar-refractivity contribution in [3.63, 3.8) is 0 Å². The highest BCUT2D eigenvalue weighted by Crippen LogP contribution is 2.12. The highest BCUT2D eigenvalue weighted by molar-refractivity contribution is 5.32. The lowest BCUT2D eigenvalue weighted by Gasteiger charge is -2.14. The Labute approximate surface area is 106 Å². The molecule has 1 aliphatic heterocycles. The molecule has 1 heterocycles. The summed E-state index contributed by atoms with van der Waals surface area (Å²) in [7, 11) is 0. The van der Waals surface area contributed by atoms with Crippen LogP contribution in [0.5, 0.6) is 0 Å². The molecule has 0 aliphatic carbocycles. The third kappa shape index (κ3) is 3.25. The minimum absolute atomic E-state index is 0.136. The smallest absolute Gasteiger partial charge is 0.269 e. The van der Waals surface area contributed by atoms with E-state index in [4.69, 9.17) is 0 Å². The monoisotopic (exact) mass is 250 g/mol. The van der Waals surface area contributed by atoms with Crippen molar-refractivity contribution in [2.75, 3.05) is 13.1 Å². The van der Waals surface area contributed by atoms with E-state index in [0.29, 0.717) is 12.0 Å². The van der Waals surface area contributed by atoms with Crippen LogP contribution in [-0.2, 0) is 6.54 Å². The molecule has 0 amide bonds. The van der Waals surface area contributed by atoms with Crippen molar-refractivity contribution >= 4 is 5.69 Å². The van der Waals surface area contributed by atoms with Crippen LogP contribution in [0.15, 0.2) is 24.3 Å². The zero-order chi connectivity index (χ0) is 13.0. The molecule has 6 nitrogen and oxygen atoms in total. The second-order valence-electron chi connectivity index (χ2n) is 4.63. The second-order valence-corrected chi connectivity index (χ2v) is 4.63. The summed E-state index contributed by atoms with van der Waals surface area (Å²) in [4.78, 5) is 10.1. The molecule has 98 valence electrons. The van der Waals surface area contributed by atoms with E-state index >= 15 is 0 Å². The highest BCUT2D eigenvalue weighted by Gasteiger charge is 2.21. The predicted octanol–water partition coefficient (Wildman–Crippen LogP) is 0.797. The second kappa shape index (κ2) is 5.90. The van der Waals surface area contributed by atoms with E-state index in [9.17, 15) is 10.1 Å². The number of nitro benzene ring substituents is 1. The van der Waals surface area contributed by atoms with Crippen molar-refractivity contribution in [3.05, 3.63) is 39.9 Å². The Kier molecular flexibility index (Phi) is 4.24. The van der Waals surface area contributed by atoms with Gasteiger partial charge in [0.15, 0.2) is 0 Å². The van der Waals surface area contributed by atoms with Gasteiger partial charge in [-0.3, -0.25) is 21.0 Å². The first-order chi connectivity index (χ1) is 8.66. The zero-order valence-electron chi connectivity index (χ0n) is 10.3. The summed E-state index contributed by atoms with van der Waals surface area (Å²) >= 11 is 0. The molecule has 0 aromatic heterocycles. The van der Waals surface area contributed by atoms with E-state index in [1.807, 2.05) is 0 Å². The van der Waals surface area contributed by atoms with Crippen molar-refractivity contribution in [1.29, 1.82) is 0 Å². The average molecular weight is 250 g/mol. The van der Waals surface area contributed by atoms with Crippen LogP contribution >= 0.6 is 0 Å². The van der Waals surface area contributed by atoms with E-state index in [2.05, 4.69) is 23.1 Å². The molecule has 1 saturated heterocycles. The fraction of sp³-hybridized carbons (Fsp3) is 0.500. The first-order valence-electron chi connectivity index (χ1n) is 6.09. The van der Waals surface area contributed by atoms with E-state index in [1.165, 1.54) is 12.1 Å². The molecule has 2 atom stereocenters. The van der Waals surface area contributed by atoms with Gasteiger partial charge in [-0.2, -0.15) is 0 Å². The van der Waals surface area contributed by atoms with E-state index in [1.54, 1.807) is 12.1 Å². The molecule has 2 rings (SSSR count). The van der Waals surface area contributed by atoms with Gasteiger partial charge in [0.25, 0.3) is 5.69 Å². The molecule has 0 spiro atoms. The van der Waals surface area contributed by atoms with Crippen LogP contribution in [0.1, 0.15) is 12.5 Å². The fourth-order valence-electron chi connectivity index (χ4n) is 2.03. The standard InChI is InChI=1S/C12H18N4O2/c1-9-11(8-14-15-9)7-13-6-10-2-4-12(5-3-10)16(17)18/h2-5,9,11,13-15H,6-8H2,1H3. The summed E-state index contributed by atoms with van der Waals surface area (Å²) in [5, 5.41) is 13.9. The molecule has 6 heteroatoms. The molecule has 0 radical (unpaired) electrons. The van der Waals surface area contributed by atoms with Crippen LogP contribution in [0.2, 0.25) is 0 Å². The predicted molar refractivity (Wildman–Crippen MR) is 68.9 cm³/mol. The van der Waals surface area contributed by atoms with Crippen LogP contribution in [0.25, 0.3) is 0 Å². The number of benzene rings is 1. The number of non-ortho nitro benzene ring substituents is 1. The van der Waals surface area contributed by atoms with Crippen LogP contribution in [0, 0.1) is 16.0 Å². The summed E-state index contributed by atoms with van der Waals surface area (Å²) in [5.41, 5.74) is 7.50. The Hall–Kier alpha value is -1.50. The Morgan fingerprint density at radius 3 is 2.72 bits per heavy atom. The highest BCUT2D eigenvalue weighted by atomic mass is 16.6. The minimum Gasteiger partial charge on any atom is -0.312 e. The van der Waals surface area contributed by atoms with Gasteiger partial charge in [0.1, 0.15) is 0 Å². The minimum atomic E-state index is -0.380. The lowest BCUT2D eigenvalue weighted by Crippen LogP contribution is -2.32. The number of hydrazine groups is 1. The van der Waals surface area contributed by atoms with Crippen molar-refractivity contribution < 1.29 is 4.92 Å². The number of rotatable bonds is 5. The third-order valence-electron chi connectivity index (χ3n) is 3.28. The number of nitro groups is 1. The molecule has 1 fully saturated rings. The number of hydrogen-bond donors (Lipinski definition) is 3. The van der Waals surface area contributed by atoms with Crippen LogP contribution in [0.4, 0.5) is 5.69 Å². The van der Waals surface area contributed by atoms with Gasteiger partial charge in [0.2, 0.25) is 0 Å². The molecular formula is C12H18N4O2. The van der Waals surface area contributed by atoms with Crippen molar-refractivity contribution in [2.24, 2.45) is 5.92 Å². The quantitative estimate of drug-likeness (QED) is 0.532. The molecule has 18 heavy (non-hydrogen) atoms. The number of hydrogen-bond acceptors (Lipinski definition) is 5. The molecule has 1 aromatic carbocycles. The third-order valence-corrected chi connectivity index (χ3v) is 3.28.